The average Bonchev–Trinajstić information content (AvgIpc) is 2.77. The van der Waals surface area contributed by atoms with E-state index >= 15 is 0 Å². The molecule has 2 rings (SSSR count). The van der Waals surface area contributed by atoms with Crippen molar-refractivity contribution in [2.45, 2.75) is 19.9 Å². The number of nitrogens with zero attached hydrogens (tertiary/aromatic N) is 1. The first-order valence-corrected chi connectivity index (χ1v) is 9.63. The molecule has 6 nitrogen and oxygen atoms in total. The van der Waals surface area contributed by atoms with Gasteiger partial charge in [-0.1, -0.05) is 17.9 Å². The van der Waals surface area contributed by atoms with Crippen LogP contribution < -0.4 is 16.0 Å². The maximum atomic E-state index is 12.2. The number of aliphatic hydroxyl groups is 1. The molecule has 0 bridgehead atoms. The van der Waals surface area contributed by atoms with Crippen molar-refractivity contribution in [2.75, 3.05) is 31.1 Å². The summed E-state index contributed by atoms with van der Waals surface area (Å²) in [5, 5.41) is 11.4. The van der Waals surface area contributed by atoms with Crippen LogP contribution in [0.2, 0.25) is 0 Å². The Labute approximate surface area is 171 Å². The number of anilines is 1. The molecule has 2 aromatic carbocycles. The first-order chi connectivity index (χ1) is 14.0. The van der Waals surface area contributed by atoms with Crippen molar-refractivity contribution in [1.29, 1.82) is 0 Å². The highest BCUT2D eigenvalue weighted by Gasteiger charge is 2.18. The molecule has 0 aliphatic carbocycles. The van der Waals surface area contributed by atoms with Crippen LogP contribution in [0, 0.1) is 11.8 Å². The van der Waals surface area contributed by atoms with Crippen molar-refractivity contribution in [3.63, 3.8) is 0 Å². The normalized spacial score (nSPS) is 11.2. The maximum Gasteiger partial charge on any atom is 0.251 e. The molecule has 0 aromatic heterocycles. The van der Waals surface area contributed by atoms with Crippen LogP contribution in [0.1, 0.15) is 35.3 Å². The Balaban J connectivity index is 2.09. The van der Waals surface area contributed by atoms with Crippen LogP contribution in [0.5, 0.6) is 0 Å². The number of rotatable bonds is 8. The van der Waals surface area contributed by atoms with Crippen LogP contribution in [0.3, 0.4) is 0 Å². The summed E-state index contributed by atoms with van der Waals surface area (Å²) < 4.78 is 0. The Morgan fingerprint density at radius 1 is 1.07 bits per heavy atom. The number of carbonyl (C=O) groups is 2. The minimum atomic E-state index is -0.898. The van der Waals surface area contributed by atoms with E-state index in [2.05, 4.69) is 48.0 Å². The highest BCUT2D eigenvalue weighted by atomic mass is 16.3. The molecule has 1 amide bonds. The summed E-state index contributed by atoms with van der Waals surface area (Å²) in [4.78, 5) is 26.0. The zero-order valence-corrected chi connectivity index (χ0v) is 16.8. The lowest BCUT2D eigenvalue weighted by atomic mass is 10.1. The second-order valence-corrected chi connectivity index (χ2v) is 6.44. The van der Waals surface area contributed by atoms with Gasteiger partial charge in [-0.25, -0.2) is 0 Å². The summed E-state index contributed by atoms with van der Waals surface area (Å²) in [6.07, 6.45) is 0. The van der Waals surface area contributed by atoms with Crippen LogP contribution in [-0.4, -0.2) is 49.1 Å². The van der Waals surface area contributed by atoms with Gasteiger partial charge in [-0.2, -0.15) is 0 Å². The monoisotopic (exact) mass is 393 g/mol. The quantitative estimate of drug-likeness (QED) is 0.592. The third-order valence-electron chi connectivity index (χ3n) is 4.56. The van der Waals surface area contributed by atoms with E-state index in [4.69, 9.17) is 10.8 Å². The molecular weight excluding hydrogens is 366 g/mol. The molecule has 0 heterocycles. The first kappa shape index (κ1) is 22.2. The number of ketones is 1. The van der Waals surface area contributed by atoms with Crippen molar-refractivity contribution < 1.29 is 14.7 Å². The number of benzene rings is 2. The molecular formula is C23H27N3O3. The molecule has 0 saturated heterocycles. The Kier molecular flexibility index (Phi) is 8.41. The summed E-state index contributed by atoms with van der Waals surface area (Å²) in [6.45, 7) is 5.38. The lowest BCUT2D eigenvalue weighted by Crippen LogP contribution is -2.46. The molecule has 0 fully saturated rings. The minimum absolute atomic E-state index is 0.0682. The molecule has 152 valence electrons. The fourth-order valence-corrected chi connectivity index (χ4v) is 2.84. The van der Waals surface area contributed by atoms with E-state index in [1.165, 1.54) is 0 Å². The molecule has 0 aliphatic heterocycles. The Morgan fingerprint density at radius 3 is 2.31 bits per heavy atom. The molecule has 29 heavy (non-hydrogen) atoms. The van der Waals surface area contributed by atoms with Gasteiger partial charge in [0.2, 0.25) is 0 Å². The fourth-order valence-electron chi connectivity index (χ4n) is 2.84. The summed E-state index contributed by atoms with van der Waals surface area (Å²) in [7, 11) is 0. The largest absolute Gasteiger partial charge is 0.388 e. The molecule has 6 heteroatoms. The van der Waals surface area contributed by atoms with E-state index in [-0.39, 0.29) is 6.54 Å². The Bertz CT molecular complexity index is 894. The third kappa shape index (κ3) is 6.18. The van der Waals surface area contributed by atoms with Gasteiger partial charge in [-0.3, -0.25) is 9.59 Å². The number of hydrogen-bond donors (Lipinski definition) is 3. The number of amides is 1. The van der Waals surface area contributed by atoms with Gasteiger partial charge in [0.1, 0.15) is 12.6 Å². The first-order valence-electron chi connectivity index (χ1n) is 9.63. The van der Waals surface area contributed by atoms with Crippen molar-refractivity contribution >= 4 is 17.4 Å². The van der Waals surface area contributed by atoms with Crippen molar-refractivity contribution in [3.8, 4) is 11.8 Å². The molecule has 0 spiro atoms. The second kappa shape index (κ2) is 11.0. The molecule has 1 atom stereocenters. The van der Waals surface area contributed by atoms with Crippen molar-refractivity contribution in [1.82, 2.24) is 5.32 Å². The Morgan fingerprint density at radius 2 is 1.72 bits per heavy atom. The smallest absolute Gasteiger partial charge is 0.251 e. The number of Topliss-reactive ketones (excluding diaryl/α,β-unsaturated/α-hetero) is 1. The van der Waals surface area contributed by atoms with Crippen LogP contribution in [0.25, 0.3) is 0 Å². The van der Waals surface area contributed by atoms with Gasteiger partial charge in [-0.15, -0.1) is 0 Å². The zero-order chi connectivity index (χ0) is 21.2. The van der Waals surface area contributed by atoms with Gasteiger partial charge in [0.25, 0.3) is 5.91 Å². The van der Waals surface area contributed by atoms with Gasteiger partial charge in [0, 0.05) is 42.0 Å². The topological polar surface area (TPSA) is 95.7 Å². The van der Waals surface area contributed by atoms with Crippen LogP contribution in [-0.2, 0) is 4.79 Å². The SMILES string of the molecule is CCN(CC)c1cccc(C#Cc2ccc(C(=O)N[C@@H](CN)C(=O)CO)cc2)c1. The summed E-state index contributed by atoms with van der Waals surface area (Å²) in [5.74, 6) is 5.31. The van der Waals surface area contributed by atoms with Gasteiger partial charge < -0.3 is 21.1 Å². The standard InChI is InChI=1S/C23H27N3O3/c1-3-26(4-2)20-7-5-6-18(14-20)9-8-17-10-12-19(13-11-17)23(29)25-21(15-24)22(28)16-27/h5-7,10-14,21,27H,3-4,15-16,24H2,1-2H3,(H,25,29)/t21-/m0/s1. The number of nitrogens with one attached hydrogen (secondary N) is 1. The van der Waals surface area contributed by atoms with Crippen LogP contribution in [0.15, 0.2) is 48.5 Å². The molecule has 0 unspecified atom stereocenters. The highest BCUT2D eigenvalue weighted by molar-refractivity contribution is 5.98. The molecule has 0 aliphatic rings. The Hall–Kier alpha value is -3.14. The zero-order valence-electron chi connectivity index (χ0n) is 16.8. The summed E-state index contributed by atoms with van der Waals surface area (Å²) in [5.41, 5.74) is 8.70. The number of hydrogen-bond acceptors (Lipinski definition) is 5. The van der Waals surface area contributed by atoms with E-state index in [1.807, 2.05) is 12.1 Å². The van der Waals surface area contributed by atoms with Crippen molar-refractivity contribution in [2.24, 2.45) is 5.73 Å². The van der Waals surface area contributed by atoms with Crippen LogP contribution >= 0.6 is 0 Å². The summed E-state index contributed by atoms with van der Waals surface area (Å²) in [6, 6.07) is 14.0. The second-order valence-electron chi connectivity index (χ2n) is 6.44. The van der Waals surface area contributed by atoms with Gasteiger partial charge in [0.05, 0.1) is 0 Å². The third-order valence-corrected chi connectivity index (χ3v) is 4.56. The summed E-state index contributed by atoms with van der Waals surface area (Å²) >= 11 is 0. The van der Waals surface area contributed by atoms with Gasteiger partial charge in [-0.05, 0) is 56.3 Å². The van der Waals surface area contributed by atoms with E-state index in [1.54, 1.807) is 24.3 Å². The van der Waals surface area contributed by atoms with Crippen LogP contribution in [0.4, 0.5) is 5.69 Å². The van der Waals surface area contributed by atoms with E-state index in [9.17, 15) is 9.59 Å². The van der Waals surface area contributed by atoms with E-state index < -0.39 is 24.3 Å². The van der Waals surface area contributed by atoms with Gasteiger partial charge >= 0.3 is 0 Å². The van der Waals surface area contributed by atoms with E-state index in [0.717, 1.165) is 29.9 Å². The van der Waals surface area contributed by atoms with Gasteiger partial charge in [0.15, 0.2) is 5.78 Å². The maximum absolute atomic E-state index is 12.2. The molecule has 2 aromatic rings. The van der Waals surface area contributed by atoms with E-state index in [0.29, 0.717) is 5.56 Å². The predicted octanol–water partition coefficient (Wildman–Crippen LogP) is 1.55. The highest BCUT2D eigenvalue weighted by Crippen LogP contribution is 2.15. The minimum Gasteiger partial charge on any atom is -0.388 e. The molecule has 4 N–H and O–H groups in total. The lowest BCUT2D eigenvalue weighted by Gasteiger charge is -2.20. The average molecular weight is 393 g/mol. The predicted molar refractivity (Wildman–Crippen MR) is 115 cm³/mol. The number of nitrogens with two attached hydrogens (primary N) is 1. The van der Waals surface area contributed by atoms with Crippen molar-refractivity contribution in [3.05, 3.63) is 65.2 Å². The fraction of sp³-hybridized carbons (Fsp3) is 0.304. The number of aliphatic hydroxyl groups excluding tert-OH is 1. The number of carbonyl (C=O) groups excluding carboxylic acids is 2. The lowest BCUT2D eigenvalue weighted by molar-refractivity contribution is -0.123. The molecule has 0 radical (unpaired) electrons. The molecule has 0 saturated carbocycles.